The fraction of sp³-hybridized carbons (Fsp3) is 0.471. The summed E-state index contributed by atoms with van der Waals surface area (Å²) in [6.07, 6.45) is 0.0616. The third kappa shape index (κ3) is 3.84. The normalized spacial score (nSPS) is 16.9. The summed E-state index contributed by atoms with van der Waals surface area (Å²) in [5.74, 6) is -1.01. The molecule has 1 aromatic carbocycles. The van der Waals surface area contributed by atoms with Crippen LogP contribution in [0.15, 0.2) is 18.2 Å². The van der Waals surface area contributed by atoms with Crippen LogP contribution >= 0.6 is 0 Å². The van der Waals surface area contributed by atoms with E-state index in [1.807, 2.05) is 19.1 Å². The van der Waals surface area contributed by atoms with Gasteiger partial charge in [0.1, 0.15) is 5.75 Å². The van der Waals surface area contributed by atoms with Crippen LogP contribution in [0, 0.1) is 12.8 Å². The molecule has 7 nitrogen and oxygen atoms in total. The van der Waals surface area contributed by atoms with Crippen molar-refractivity contribution >= 4 is 23.5 Å². The summed E-state index contributed by atoms with van der Waals surface area (Å²) in [6, 6.07) is 5.53. The average Bonchev–Trinajstić information content (AvgIpc) is 2.93. The van der Waals surface area contributed by atoms with Crippen molar-refractivity contribution in [2.45, 2.75) is 13.3 Å². The van der Waals surface area contributed by atoms with Gasteiger partial charge in [-0.3, -0.25) is 14.4 Å². The topological polar surface area (TPSA) is 76.2 Å². The van der Waals surface area contributed by atoms with Gasteiger partial charge in [0.2, 0.25) is 5.91 Å². The summed E-state index contributed by atoms with van der Waals surface area (Å²) in [7, 11) is 4.70. The highest BCUT2D eigenvalue weighted by atomic mass is 16.5. The molecule has 1 aromatic rings. The third-order valence-corrected chi connectivity index (χ3v) is 3.92. The van der Waals surface area contributed by atoms with E-state index >= 15 is 0 Å². The number of anilines is 1. The van der Waals surface area contributed by atoms with Crippen molar-refractivity contribution in [2.75, 3.05) is 39.3 Å². The molecule has 0 saturated carbocycles. The van der Waals surface area contributed by atoms with E-state index < -0.39 is 11.9 Å². The van der Waals surface area contributed by atoms with Gasteiger partial charge in [-0.25, -0.2) is 0 Å². The van der Waals surface area contributed by atoms with Crippen LogP contribution in [0.2, 0.25) is 0 Å². The van der Waals surface area contributed by atoms with E-state index in [4.69, 9.17) is 9.47 Å². The van der Waals surface area contributed by atoms with Gasteiger partial charge in [-0.15, -0.1) is 0 Å². The maximum absolute atomic E-state index is 12.3. The number of benzene rings is 1. The number of carbonyl (C=O) groups excluding carboxylic acids is 3. The number of amides is 2. The molecule has 7 heteroatoms. The Morgan fingerprint density at radius 1 is 1.33 bits per heavy atom. The van der Waals surface area contributed by atoms with Crippen molar-refractivity contribution in [3.05, 3.63) is 23.8 Å². The zero-order valence-corrected chi connectivity index (χ0v) is 14.4. The molecule has 0 radical (unpaired) electrons. The smallest absolute Gasteiger partial charge is 0.311 e. The molecule has 1 aliphatic heterocycles. The van der Waals surface area contributed by atoms with Gasteiger partial charge in [0.05, 0.1) is 18.7 Å². The van der Waals surface area contributed by atoms with Crippen molar-refractivity contribution in [1.82, 2.24) is 4.90 Å². The van der Waals surface area contributed by atoms with E-state index in [0.717, 1.165) is 5.56 Å². The maximum atomic E-state index is 12.3. The highest BCUT2D eigenvalue weighted by molar-refractivity contribution is 6.00. The lowest BCUT2D eigenvalue weighted by molar-refractivity contribution is -0.154. The van der Waals surface area contributed by atoms with Crippen LogP contribution in [0.3, 0.4) is 0 Å². The van der Waals surface area contributed by atoms with Crippen LogP contribution in [0.1, 0.15) is 12.0 Å². The first-order valence-corrected chi connectivity index (χ1v) is 7.65. The lowest BCUT2D eigenvalue weighted by atomic mass is 10.1. The summed E-state index contributed by atoms with van der Waals surface area (Å²) in [5, 5.41) is 0. The van der Waals surface area contributed by atoms with Crippen molar-refractivity contribution in [2.24, 2.45) is 5.92 Å². The van der Waals surface area contributed by atoms with Gasteiger partial charge >= 0.3 is 5.97 Å². The summed E-state index contributed by atoms with van der Waals surface area (Å²) in [5.41, 5.74) is 1.63. The Labute approximate surface area is 141 Å². The number of esters is 1. The first-order valence-electron chi connectivity index (χ1n) is 7.65. The zero-order valence-electron chi connectivity index (χ0n) is 14.4. The molecule has 0 N–H and O–H groups in total. The number of methoxy groups -OCH3 is 1. The second kappa shape index (κ2) is 7.33. The van der Waals surface area contributed by atoms with E-state index in [1.54, 1.807) is 20.2 Å². The third-order valence-electron chi connectivity index (χ3n) is 3.92. The molecule has 1 heterocycles. The number of rotatable bonds is 5. The maximum Gasteiger partial charge on any atom is 0.311 e. The van der Waals surface area contributed by atoms with Crippen molar-refractivity contribution < 1.29 is 23.9 Å². The van der Waals surface area contributed by atoms with Crippen LogP contribution in [0.5, 0.6) is 5.75 Å². The van der Waals surface area contributed by atoms with Gasteiger partial charge in [-0.05, 0) is 24.6 Å². The Kier molecular flexibility index (Phi) is 5.43. The molecule has 1 atom stereocenters. The molecule has 0 unspecified atom stereocenters. The van der Waals surface area contributed by atoms with Gasteiger partial charge in [0, 0.05) is 27.1 Å². The number of ether oxygens (including phenoxy) is 2. The molecule has 2 rings (SSSR count). The molecule has 0 spiro atoms. The predicted molar refractivity (Wildman–Crippen MR) is 87.8 cm³/mol. The molecule has 2 amide bonds. The number of hydrogen-bond acceptors (Lipinski definition) is 5. The fourth-order valence-corrected chi connectivity index (χ4v) is 2.49. The van der Waals surface area contributed by atoms with E-state index in [1.165, 1.54) is 16.9 Å². The van der Waals surface area contributed by atoms with E-state index in [9.17, 15) is 14.4 Å². The summed E-state index contributed by atoms with van der Waals surface area (Å²) in [6.45, 7) is 1.82. The van der Waals surface area contributed by atoms with Crippen molar-refractivity contribution in [1.29, 1.82) is 0 Å². The van der Waals surface area contributed by atoms with E-state index in [0.29, 0.717) is 11.4 Å². The van der Waals surface area contributed by atoms with Crippen LogP contribution < -0.4 is 9.64 Å². The number of hydrogen-bond donors (Lipinski definition) is 0. The number of carbonyl (C=O) groups is 3. The van der Waals surface area contributed by atoms with E-state index in [2.05, 4.69) is 0 Å². The molecule has 0 aromatic heterocycles. The second-order valence-corrected chi connectivity index (χ2v) is 5.98. The van der Waals surface area contributed by atoms with Gasteiger partial charge < -0.3 is 19.3 Å². The largest absolute Gasteiger partial charge is 0.495 e. The Balaban J connectivity index is 2.07. The standard InChI is InChI=1S/C17H22N2O5/c1-11-5-6-14(23-4)13(7-11)19-9-12(8-15(19)20)17(22)24-10-16(21)18(2)3/h5-7,12H,8-10H2,1-4H3/t12-/m1/s1. The molecule has 130 valence electrons. The number of aryl methyl sites for hydroxylation is 1. The first kappa shape index (κ1) is 17.8. The predicted octanol–water partition coefficient (Wildman–Crippen LogP) is 0.988. The Bertz CT molecular complexity index is 656. The number of likely N-dealkylation sites (N-methyl/N-ethyl adjacent to an activating group) is 1. The molecule has 24 heavy (non-hydrogen) atoms. The van der Waals surface area contributed by atoms with Crippen LogP contribution in [0.4, 0.5) is 5.69 Å². The van der Waals surface area contributed by atoms with Crippen LogP contribution in [-0.2, 0) is 19.1 Å². The highest BCUT2D eigenvalue weighted by Crippen LogP contribution is 2.34. The second-order valence-electron chi connectivity index (χ2n) is 5.98. The Morgan fingerprint density at radius 3 is 2.67 bits per heavy atom. The molecule has 1 saturated heterocycles. The molecule has 1 fully saturated rings. The minimum Gasteiger partial charge on any atom is -0.495 e. The Morgan fingerprint density at radius 2 is 2.04 bits per heavy atom. The summed E-state index contributed by atoms with van der Waals surface area (Å²) < 4.78 is 10.3. The van der Waals surface area contributed by atoms with Crippen molar-refractivity contribution in [3.63, 3.8) is 0 Å². The highest BCUT2D eigenvalue weighted by Gasteiger charge is 2.37. The molecular weight excluding hydrogens is 312 g/mol. The van der Waals surface area contributed by atoms with Gasteiger partial charge in [-0.1, -0.05) is 6.07 Å². The monoisotopic (exact) mass is 334 g/mol. The quantitative estimate of drug-likeness (QED) is 0.751. The summed E-state index contributed by atoms with van der Waals surface area (Å²) >= 11 is 0. The van der Waals surface area contributed by atoms with E-state index in [-0.39, 0.29) is 31.4 Å². The minimum absolute atomic E-state index is 0.0616. The molecular formula is C17H22N2O5. The van der Waals surface area contributed by atoms with Gasteiger partial charge in [0.15, 0.2) is 6.61 Å². The molecule has 1 aliphatic rings. The average molecular weight is 334 g/mol. The van der Waals surface area contributed by atoms with Gasteiger partial charge in [-0.2, -0.15) is 0 Å². The SMILES string of the molecule is COc1ccc(C)cc1N1C[C@H](C(=O)OCC(=O)N(C)C)CC1=O. The molecule has 0 bridgehead atoms. The zero-order chi connectivity index (χ0) is 17.9. The van der Waals surface area contributed by atoms with Gasteiger partial charge in [0.25, 0.3) is 5.91 Å². The minimum atomic E-state index is -0.585. The fourth-order valence-electron chi connectivity index (χ4n) is 2.49. The van der Waals surface area contributed by atoms with Crippen molar-refractivity contribution in [3.8, 4) is 5.75 Å². The molecule has 0 aliphatic carbocycles. The van der Waals surface area contributed by atoms with Crippen LogP contribution in [0.25, 0.3) is 0 Å². The Hall–Kier alpha value is -2.57. The number of nitrogens with zero attached hydrogens (tertiary/aromatic N) is 2. The first-order chi connectivity index (χ1) is 11.3. The lowest BCUT2D eigenvalue weighted by Crippen LogP contribution is -2.30. The lowest BCUT2D eigenvalue weighted by Gasteiger charge is -2.20. The van der Waals surface area contributed by atoms with Crippen LogP contribution in [-0.4, -0.2) is 57.0 Å². The summed E-state index contributed by atoms with van der Waals surface area (Å²) in [4.78, 5) is 38.8.